The van der Waals surface area contributed by atoms with Gasteiger partial charge in [-0.3, -0.25) is 4.79 Å². The van der Waals surface area contributed by atoms with Crippen molar-refractivity contribution >= 4 is 29.5 Å². The molecule has 0 aliphatic rings. The number of ether oxygens (including phenoxy) is 1. The Morgan fingerprint density at radius 1 is 1.03 bits per heavy atom. The highest BCUT2D eigenvalue weighted by Crippen LogP contribution is 2.32. The van der Waals surface area contributed by atoms with E-state index in [1.807, 2.05) is 66.7 Å². The Morgan fingerprint density at radius 2 is 1.75 bits per heavy atom. The van der Waals surface area contributed by atoms with Gasteiger partial charge in [0.25, 0.3) is 0 Å². The molecule has 3 rings (SSSR count). The number of carbonyl (C=O) groups is 2. The lowest BCUT2D eigenvalue weighted by Gasteiger charge is -2.25. The predicted molar refractivity (Wildman–Crippen MR) is 127 cm³/mol. The molecule has 0 aliphatic carbocycles. The molecule has 3 aromatic carbocycles. The maximum atomic E-state index is 12.8. The molecule has 0 unspecified atom stereocenters. The smallest absolute Gasteiger partial charge is 0.335 e. The van der Waals surface area contributed by atoms with Crippen LogP contribution < -0.4 is 14.4 Å². The first-order valence-corrected chi connectivity index (χ1v) is 10.9. The molecule has 0 atom stereocenters. The van der Waals surface area contributed by atoms with E-state index in [0.29, 0.717) is 6.54 Å². The fourth-order valence-corrected chi connectivity index (χ4v) is 4.17. The molecule has 32 heavy (non-hydrogen) atoms. The number of hydrogen-bond acceptors (Lipinski definition) is 5. The number of hydrogen-bond donors (Lipinski definition) is 2. The number of anilines is 1. The Labute approximate surface area is 192 Å². The summed E-state index contributed by atoms with van der Waals surface area (Å²) < 4.78 is 7.06. The number of benzene rings is 3. The summed E-state index contributed by atoms with van der Waals surface area (Å²) in [5.74, 6) is -0.354. The zero-order chi connectivity index (χ0) is 23.1. The fraction of sp³-hybridized carbons (Fsp3) is 0.200. The van der Waals surface area contributed by atoms with Crippen LogP contribution in [0.25, 0.3) is 0 Å². The summed E-state index contributed by atoms with van der Waals surface area (Å²) in [4.78, 5) is 24.9. The number of aryl methyl sites for hydroxylation is 1. The van der Waals surface area contributed by atoms with Crippen LogP contribution in [0.4, 0.5) is 5.69 Å². The minimum absolute atomic E-state index is 0.114. The van der Waals surface area contributed by atoms with Crippen LogP contribution in [0.3, 0.4) is 0 Å². The van der Waals surface area contributed by atoms with E-state index in [-0.39, 0.29) is 18.0 Å². The van der Waals surface area contributed by atoms with Crippen LogP contribution in [-0.2, 0) is 11.3 Å². The first kappa shape index (κ1) is 23.2. The van der Waals surface area contributed by atoms with E-state index in [2.05, 4.69) is 5.32 Å². The summed E-state index contributed by atoms with van der Waals surface area (Å²) in [6.07, 6.45) is 0. The van der Waals surface area contributed by atoms with Gasteiger partial charge in [0.05, 0.1) is 18.4 Å². The summed E-state index contributed by atoms with van der Waals surface area (Å²) in [5.41, 5.74) is 4.28. The Kier molecular flexibility index (Phi) is 7.78. The topological polar surface area (TPSA) is 78.9 Å². The third kappa shape index (κ3) is 6.04. The van der Waals surface area contributed by atoms with E-state index in [0.717, 1.165) is 33.0 Å². The molecule has 0 saturated heterocycles. The van der Waals surface area contributed by atoms with Crippen molar-refractivity contribution in [3.63, 3.8) is 0 Å². The molecule has 1 amide bonds. The molecule has 0 heterocycles. The molecule has 0 radical (unpaired) electrons. The van der Waals surface area contributed by atoms with Gasteiger partial charge in [0.2, 0.25) is 5.91 Å². The standard InChI is InChI=1S/C25H26N2O4S/c1-17-6-4-9-23(18(17)2)27(32-22-8-5-7-20(14-22)25(29)30)16-24(28)26-15-19-10-12-21(31-3)13-11-19/h4-14H,15-16H2,1-3H3,(H,26,28)(H,29,30). The molecule has 0 aliphatic heterocycles. The number of rotatable bonds is 9. The summed E-state index contributed by atoms with van der Waals surface area (Å²) in [6, 6.07) is 20.2. The van der Waals surface area contributed by atoms with Crippen molar-refractivity contribution in [3.8, 4) is 5.75 Å². The second-order valence-electron chi connectivity index (χ2n) is 7.30. The number of methoxy groups -OCH3 is 1. The largest absolute Gasteiger partial charge is 0.497 e. The van der Waals surface area contributed by atoms with Crippen molar-refractivity contribution in [3.05, 3.63) is 89.0 Å². The lowest BCUT2D eigenvalue weighted by molar-refractivity contribution is -0.119. The van der Waals surface area contributed by atoms with Crippen molar-refractivity contribution in [2.24, 2.45) is 0 Å². The minimum atomic E-state index is -0.983. The quantitative estimate of drug-likeness (QED) is 0.454. The van der Waals surface area contributed by atoms with Gasteiger partial charge < -0.3 is 19.5 Å². The van der Waals surface area contributed by atoms with Gasteiger partial charge in [-0.05, 0) is 78.9 Å². The summed E-state index contributed by atoms with van der Waals surface area (Å²) in [6.45, 7) is 4.56. The Bertz CT molecular complexity index is 1100. The van der Waals surface area contributed by atoms with Crippen LogP contribution in [-0.4, -0.2) is 30.6 Å². The summed E-state index contributed by atoms with van der Waals surface area (Å²) in [5, 5.41) is 12.3. The number of carboxylic acid groups (broad SMARTS) is 1. The molecule has 0 aromatic heterocycles. The molecule has 7 heteroatoms. The average molecular weight is 451 g/mol. The number of carboxylic acids is 1. The molecule has 0 spiro atoms. The second kappa shape index (κ2) is 10.7. The molecule has 166 valence electrons. The fourth-order valence-electron chi connectivity index (χ4n) is 3.12. The van der Waals surface area contributed by atoms with Crippen LogP contribution in [0.1, 0.15) is 27.0 Å². The molecule has 3 aromatic rings. The molecule has 2 N–H and O–H groups in total. The van der Waals surface area contributed by atoms with Crippen molar-refractivity contribution in [2.45, 2.75) is 25.3 Å². The van der Waals surface area contributed by atoms with Crippen molar-refractivity contribution in [1.82, 2.24) is 5.32 Å². The summed E-state index contributed by atoms with van der Waals surface area (Å²) >= 11 is 1.34. The van der Waals surface area contributed by atoms with Crippen LogP contribution in [0.2, 0.25) is 0 Å². The normalized spacial score (nSPS) is 10.5. The van der Waals surface area contributed by atoms with Gasteiger partial charge in [0.1, 0.15) is 12.3 Å². The highest BCUT2D eigenvalue weighted by Gasteiger charge is 2.17. The van der Waals surface area contributed by atoms with Gasteiger partial charge in [-0.1, -0.05) is 30.3 Å². The minimum Gasteiger partial charge on any atom is -0.497 e. The summed E-state index contributed by atoms with van der Waals surface area (Å²) in [7, 11) is 1.61. The third-order valence-corrected chi connectivity index (χ3v) is 6.09. The van der Waals surface area contributed by atoms with E-state index >= 15 is 0 Å². The number of amides is 1. The van der Waals surface area contributed by atoms with Gasteiger partial charge >= 0.3 is 5.97 Å². The third-order valence-electron chi connectivity index (χ3n) is 5.08. The zero-order valence-electron chi connectivity index (χ0n) is 18.3. The Morgan fingerprint density at radius 3 is 2.44 bits per heavy atom. The van der Waals surface area contributed by atoms with E-state index < -0.39 is 5.97 Å². The van der Waals surface area contributed by atoms with Crippen LogP contribution >= 0.6 is 11.9 Å². The lowest BCUT2D eigenvalue weighted by atomic mass is 10.1. The Balaban J connectivity index is 1.77. The second-order valence-corrected chi connectivity index (χ2v) is 8.40. The first-order valence-electron chi connectivity index (χ1n) is 10.1. The van der Waals surface area contributed by atoms with Gasteiger partial charge in [-0.2, -0.15) is 0 Å². The molecular formula is C25H26N2O4S. The van der Waals surface area contributed by atoms with Crippen molar-refractivity contribution < 1.29 is 19.4 Å². The monoisotopic (exact) mass is 450 g/mol. The Hall–Kier alpha value is -3.45. The van der Waals surface area contributed by atoms with Gasteiger partial charge in [-0.15, -0.1) is 0 Å². The SMILES string of the molecule is COc1ccc(CNC(=O)CN(Sc2cccc(C(=O)O)c2)c2cccc(C)c2C)cc1. The van der Waals surface area contributed by atoms with E-state index in [1.54, 1.807) is 25.3 Å². The lowest BCUT2D eigenvalue weighted by Crippen LogP contribution is -2.34. The number of carbonyl (C=O) groups excluding carboxylic acids is 1. The van der Waals surface area contributed by atoms with Gasteiger partial charge in [0, 0.05) is 11.4 Å². The number of nitrogens with one attached hydrogen (secondary N) is 1. The average Bonchev–Trinajstić information content (AvgIpc) is 2.79. The highest BCUT2D eigenvalue weighted by atomic mass is 32.2. The van der Waals surface area contributed by atoms with Crippen molar-refractivity contribution in [1.29, 1.82) is 0 Å². The maximum Gasteiger partial charge on any atom is 0.335 e. The van der Waals surface area contributed by atoms with Crippen LogP contribution in [0.15, 0.2) is 71.6 Å². The van der Waals surface area contributed by atoms with Crippen molar-refractivity contribution in [2.75, 3.05) is 18.0 Å². The van der Waals surface area contributed by atoms with Gasteiger partial charge in [0.15, 0.2) is 0 Å². The van der Waals surface area contributed by atoms with E-state index in [4.69, 9.17) is 4.74 Å². The number of aromatic carboxylic acids is 1. The van der Waals surface area contributed by atoms with E-state index in [9.17, 15) is 14.7 Å². The van der Waals surface area contributed by atoms with Crippen LogP contribution in [0.5, 0.6) is 5.75 Å². The maximum absolute atomic E-state index is 12.8. The van der Waals surface area contributed by atoms with Gasteiger partial charge in [-0.25, -0.2) is 4.79 Å². The first-order chi connectivity index (χ1) is 15.4. The molecule has 0 fully saturated rings. The molecule has 6 nitrogen and oxygen atoms in total. The molecule has 0 bridgehead atoms. The van der Waals surface area contributed by atoms with Crippen LogP contribution in [0, 0.1) is 13.8 Å². The predicted octanol–water partition coefficient (Wildman–Crippen LogP) is 4.84. The highest BCUT2D eigenvalue weighted by molar-refractivity contribution is 8.00. The van der Waals surface area contributed by atoms with E-state index in [1.165, 1.54) is 11.9 Å². The molecular weight excluding hydrogens is 424 g/mol. The number of nitrogens with zero attached hydrogens (tertiary/aromatic N) is 1. The zero-order valence-corrected chi connectivity index (χ0v) is 19.1. The molecule has 0 saturated carbocycles.